The fraction of sp³-hybridized carbons (Fsp3) is 0.219. The van der Waals surface area contributed by atoms with E-state index in [9.17, 15) is 9.59 Å². The molecule has 0 radical (unpaired) electrons. The van der Waals surface area contributed by atoms with Gasteiger partial charge < -0.3 is 14.2 Å². The number of aromatic nitrogens is 1. The zero-order valence-electron chi connectivity index (χ0n) is 22.9. The zero-order valence-corrected chi connectivity index (χ0v) is 25.3. The average Bonchev–Trinajstić information content (AvgIpc) is 3.27. The van der Waals surface area contributed by atoms with Crippen molar-refractivity contribution in [2.75, 3.05) is 13.2 Å². The molecule has 2 heterocycles. The number of fused-ring (bicyclic) bond motifs is 1. The molecule has 5 rings (SSSR count). The smallest absolute Gasteiger partial charge is 0.338 e. The molecule has 0 fully saturated rings. The number of esters is 1. The number of allylic oxidation sites excluding steroid dienone is 1. The van der Waals surface area contributed by atoms with E-state index in [1.807, 2.05) is 85.8 Å². The largest absolute Gasteiger partial charge is 0.490 e. The van der Waals surface area contributed by atoms with Crippen LogP contribution >= 0.6 is 27.3 Å². The molecule has 1 unspecified atom stereocenters. The highest BCUT2D eigenvalue weighted by Gasteiger charge is 2.33. The van der Waals surface area contributed by atoms with Crippen molar-refractivity contribution >= 4 is 39.3 Å². The first-order valence-corrected chi connectivity index (χ1v) is 14.9. The quantitative estimate of drug-likeness (QED) is 0.226. The summed E-state index contributed by atoms with van der Waals surface area (Å²) in [4.78, 5) is 32.1. The van der Waals surface area contributed by atoms with Crippen molar-refractivity contribution in [2.24, 2.45) is 4.99 Å². The van der Waals surface area contributed by atoms with Gasteiger partial charge in [0.1, 0.15) is 6.61 Å². The number of carbonyl (C=O) groups is 1. The van der Waals surface area contributed by atoms with Crippen molar-refractivity contribution in [1.82, 2.24) is 4.57 Å². The Hall–Kier alpha value is -3.95. The molecule has 0 saturated heterocycles. The molecule has 0 N–H and O–H groups in total. The Labute approximate surface area is 250 Å². The molecule has 1 aliphatic heterocycles. The first-order valence-electron chi connectivity index (χ1n) is 13.3. The highest BCUT2D eigenvalue weighted by molar-refractivity contribution is 9.10. The minimum absolute atomic E-state index is 0.226. The summed E-state index contributed by atoms with van der Waals surface area (Å²) in [6.07, 6.45) is 1.81. The normalized spacial score (nSPS) is 14.8. The van der Waals surface area contributed by atoms with Crippen LogP contribution in [-0.2, 0) is 16.1 Å². The predicted octanol–water partition coefficient (Wildman–Crippen LogP) is 5.54. The summed E-state index contributed by atoms with van der Waals surface area (Å²) in [6.45, 7) is 6.51. The van der Waals surface area contributed by atoms with Gasteiger partial charge in [0.2, 0.25) is 0 Å². The third-order valence-electron chi connectivity index (χ3n) is 6.49. The van der Waals surface area contributed by atoms with Gasteiger partial charge in [0, 0.05) is 0 Å². The predicted molar refractivity (Wildman–Crippen MR) is 163 cm³/mol. The Morgan fingerprint density at radius 3 is 2.41 bits per heavy atom. The second-order valence-electron chi connectivity index (χ2n) is 9.25. The van der Waals surface area contributed by atoms with Crippen LogP contribution < -0.4 is 24.4 Å². The van der Waals surface area contributed by atoms with E-state index < -0.39 is 12.0 Å². The lowest BCUT2D eigenvalue weighted by molar-refractivity contribution is -0.139. The van der Waals surface area contributed by atoms with E-state index in [0.29, 0.717) is 49.8 Å². The minimum atomic E-state index is -0.645. The van der Waals surface area contributed by atoms with E-state index in [1.54, 1.807) is 18.4 Å². The molecule has 0 saturated carbocycles. The Kier molecular flexibility index (Phi) is 8.85. The fourth-order valence-electron chi connectivity index (χ4n) is 4.70. The minimum Gasteiger partial charge on any atom is -0.490 e. The van der Waals surface area contributed by atoms with Crippen LogP contribution in [0.1, 0.15) is 43.5 Å². The Morgan fingerprint density at radius 1 is 1.02 bits per heavy atom. The number of halogens is 1. The molecule has 7 nitrogen and oxygen atoms in total. The van der Waals surface area contributed by atoms with Gasteiger partial charge >= 0.3 is 5.97 Å². The second-order valence-corrected chi connectivity index (χ2v) is 11.1. The van der Waals surface area contributed by atoms with Gasteiger partial charge in [0.25, 0.3) is 5.56 Å². The van der Waals surface area contributed by atoms with Crippen molar-refractivity contribution in [3.63, 3.8) is 0 Å². The van der Waals surface area contributed by atoms with Gasteiger partial charge in [0.15, 0.2) is 16.3 Å². The molecule has 9 heteroatoms. The number of nitrogens with zero attached hydrogens (tertiary/aromatic N) is 2. The summed E-state index contributed by atoms with van der Waals surface area (Å²) in [5.41, 5.74) is 3.26. The highest BCUT2D eigenvalue weighted by atomic mass is 79.9. The summed E-state index contributed by atoms with van der Waals surface area (Å²) < 4.78 is 20.2. The Morgan fingerprint density at radius 2 is 1.73 bits per heavy atom. The van der Waals surface area contributed by atoms with Crippen molar-refractivity contribution in [2.45, 2.75) is 33.4 Å². The van der Waals surface area contributed by atoms with Crippen LogP contribution in [-0.4, -0.2) is 23.8 Å². The van der Waals surface area contributed by atoms with Gasteiger partial charge in [-0.2, -0.15) is 0 Å². The molecule has 1 atom stereocenters. The molecule has 210 valence electrons. The van der Waals surface area contributed by atoms with Crippen LogP contribution in [0.2, 0.25) is 0 Å². The Bertz CT molecular complexity index is 1780. The standard InChI is InChI=1S/C32H29BrN2O5S/c1-4-38-25-17-22(16-24(33)29(25)40-19-21-12-8-6-9-13-21)18-26-30(36)35-28(23-14-10-7-11-15-23)27(31(37)39-5-2)20(3)34-32(35)41-26/h6-18,28H,4-5,19H2,1-3H3/b26-18-. The third kappa shape index (κ3) is 6.06. The average molecular weight is 634 g/mol. The number of carbonyl (C=O) groups excluding carboxylic acids is 1. The number of benzene rings is 3. The van der Waals surface area contributed by atoms with Crippen LogP contribution in [0.3, 0.4) is 0 Å². The van der Waals surface area contributed by atoms with Crippen molar-refractivity contribution in [1.29, 1.82) is 0 Å². The molecule has 41 heavy (non-hydrogen) atoms. The first-order chi connectivity index (χ1) is 19.9. The number of hydrogen-bond donors (Lipinski definition) is 0. The zero-order chi connectivity index (χ0) is 28.9. The van der Waals surface area contributed by atoms with Crippen molar-refractivity contribution in [3.8, 4) is 11.5 Å². The molecule has 1 aliphatic rings. The van der Waals surface area contributed by atoms with Crippen LogP contribution in [0, 0.1) is 0 Å². The molecular weight excluding hydrogens is 604 g/mol. The monoisotopic (exact) mass is 632 g/mol. The maximum atomic E-state index is 13.9. The lowest BCUT2D eigenvalue weighted by Gasteiger charge is -2.24. The lowest BCUT2D eigenvalue weighted by Crippen LogP contribution is -2.39. The van der Waals surface area contributed by atoms with Crippen molar-refractivity contribution < 1.29 is 19.0 Å². The molecule has 0 aliphatic carbocycles. The van der Waals surface area contributed by atoms with E-state index in [0.717, 1.165) is 16.7 Å². The number of ether oxygens (including phenoxy) is 3. The van der Waals surface area contributed by atoms with Crippen LogP contribution in [0.5, 0.6) is 11.5 Å². The van der Waals surface area contributed by atoms with Gasteiger partial charge in [0.05, 0.1) is 39.5 Å². The van der Waals surface area contributed by atoms with Gasteiger partial charge in [-0.15, -0.1) is 0 Å². The fourth-order valence-corrected chi connectivity index (χ4v) is 6.32. The molecule has 1 aromatic heterocycles. The van der Waals surface area contributed by atoms with Crippen molar-refractivity contribution in [3.05, 3.63) is 125 Å². The van der Waals surface area contributed by atoms with E-state index in [4.69, 9.17) is 14.2 Å². The summed E-state index contributed by atoms with van der Waals surface area (Å²) in [6, 6.07) is 22.5. The highest BCUT2D eigenvalue weighted by Crippen LogP contribution is 2.38. The number of thiazole rings is 1. The van der Waals surface area contributed by atoms with Crippen LogP contribution in [0.25, 0.3) is 6.08 Å². The molecule has 0 spiro atoms. The summed E-state index contributed by atoms with van der Waals surface area (Å²) in [5.74, 6) is 0.681. The van der Waals surface area contributed by atoms with E-state index in [1.165, 1.54) is 11.3 Å². The summed E-state index contributed by atoms with van der Waals surface area (Å²) >= 11 is 4.91. The topological polar surface area (TPSA) is 79.1 Å². The third-order valence-corrected chi connectivity index (χ3v) is 8.06. The second kappa shape index (κ2) is 12.7. The molecular formula is C32H29BrN2O5S. The van der Waals surface area contributed by atoms with Gasteiger partial charge in [-0.05, 0) is 71.6 Å². The number of hydrogen-bond acceptors (Lipinski definition) is 7. The van der Waals surface area contributed by atoms with Gasteiger partial charge in [-0.3, -0.25) is 9.36 Å². The molecule has 0 amide bonds. The number of rotatable bonds is 9. The van der Waals surface area contributed by atoms with E-state index >= 15 is 0 Å². The molecule has 3 aromatic carbocycles. The maximum Gasteiger partial charge on any atom is 0.338 e. The van der Waals surface area contributed by atoms with E-state index in [2.05, 4.69) is 20.9 Å². The van der Waals surface area contributed by atoms with Crippen LogP contribution in [0.4, 0.5) is 0 Å². The van der Waals surface area contributed by atoms with E-state index in [-0.39, 0.29) is 12.2 Å². The first kappa shape index (κ1) is 28.6. The van der Waals surface area contributed by atoms with Gasteiger partial charge in [-0.1, -0.05) is 72.0 Å². The van der Waals surface area contributed by atoms with Gasteiger partial charge in [-0.25, -0.2) is 9.79 Å². The Balaban J connectivity index is 1.58. The summed E-state index contributed by atoms with van der Waals surface area (Å²) in [7, 11) is 0. The molecule has 0 bridgehead atoms. The lowest BCUT2D eigenvalue weighted by atomic mass is 9.96. The SMILES string of the molecule is CCOC(=O)C1=C(C)N=c2s/c(=C\c3cc(Br)c(OCc4ccccc4)c(OCC)c3)c(=O)n2C1c1ccccc1. The van der Waals surface area contributed by atoms with Crippen LogP contribution in [0.15, 0.2) is 98.3 Å². The summed E-state index contributed by atoms with van der Waals surface area (Å²) in [5, 5.41) is 0. The molecule has 4 aromatic rings. The maximum absolute atomic E-state index is 13.9.